The maximum absolute atomic E-state index is 11.4. The Morgan fingerprint density at radius 3 is 2.56 bits per heavy atom. The van der Waals surface area contributed by atoms with Gasteiger partial charge in [-0.2, -0.15) is 0 Å². The van der Waals surface area contributed by atoms with E-state index in [1.807, 2.05) is 0 Å². The highest BCUT2D eigenvalue weighted by atomic mass is 16.1. The highest BCUT2D eigenvalue weighted by Crippen LogP contribution is 2.22. The number of hydrogen-bond acceptors (Lipinski definition) is 2. The molecular weight excluding hydrogens is 222 g/mol. The van der Waals surface area contributed by atoms with E-state index >= 15 is 0 Å². The predicted molar refractivity (Wildman–Crippen MR) is 77.7 cm³/mol. The summed E-state index contributed by atoms with van der Waals surface area (Å²) in [6, 6.07) is 0.514. The lowest BCUT2D eigenvalue weighted by Gasteiger charge is -2.32. The van der Waals surface area contributed by atoms with Crippen molar-refractivity contribution < 1.29 is 4.79 Å². The molecule has 1 aliphatic heterocycles. The molecule has 1 rings (SSSR count). The van der Waals surface area contributed by atoms with E-state index < -0.39 is 0 Å². The molecular formula is C16H31NO. The van der Waals surface area contributed by atoms with Crippen molar-refractivity contribution in [1.82, 2.24) is 4.90 Å². The molecule has 1 saturated heterocycles. The van der Waals surface area contributed by atoms with Gasteiger partial charge in [-0.1, -0.05) is 33.6 Å². The van der Waals surface area contributed by atoms with Gasteiger partial charge in [-0.05, 0) is 44.6 Å². The fraction of sp³-hybridized carbons (Fsp3) is 0.938. The van der Waals surface area contributed by atoms with Crippen LogP contribution in [-0.4, -0.2) is 29.8 Å². The summed E-state index contributed by atoms with van der Waals surface area (Å²) in [7, 11) is 0. The normalized spacial score (nSPS) is 23.9. The maximum Gasteiger partial charge on any atom is 0.131 e. The number of likely N-dealkylation sites (tertiary alicyclic amines) is 1. The van der Waals surface area contributed by atoms with Crippen LogP contribution in [0.3, 0.4) is 0 Å². The van der Waals surface area contributed by atoms with Gasteiger partial charge >= 0.3 is 0 Å². The second-order valence-electron chi connectivity index (χ2n) is 6.64. The minimum absolute atomic E-state index is 0.350. The van der Waals surface area contributed by atoms with Crippen LogP contribution in [0.1, 0.15) is 66.2 Å². The average molecular weight is 253 g/mol. The van der Waals surface area contributed by atoms with Crippen LogP contribution in [0.5, 0.6) is 0 Å². The summed E-state index contributed by atoms with van der Waals surface area (Å²) in [6.45, 7) is 11.1. The van der Waals surface area contributed by atoms with Crippen LogP contribution in [0, 0.1) is 11.8 Å². The Balaban J connectivity index is 2.52. The zero-order chi connectivity index (χ0) is 13.5. The molecule has 0 radical (unpaired) electrons. The Morgan fingerprint density at radius 2 is 1.94 bits per heavy atom. The van der Waals surface area contributed by atoms with Gasteiger partial charge in [0, 0.05) is 19.0 Å². The van der Waals surface area contributed by atoms with Gasteiger partial charge in [-0.3, -0.25) is 9.69 Å². The minimum atomic E-state index is 0.350. The van der Waals surface area contributed by atoms with Gasteiger partial charge in [0.15, 0.2) is 0 Å². The monoisotopic (exact) mass is 253 g/mol. The summed E-state index contributed by atoms with van der Waals surface area (Å²) in [5.41, 5.74) is 0. The van der Waals surface area contributed by atoms with Gasteiger partial charge in [0.25, 0.3) is 0 Å². The summed E-state index contributed by atoms with van der Waals surface area (Å²) < 4.78 is 0. The summed E-state index contributed by atoms with van der Waals surface area (Å²) in [4.78, 5) is 14.0. The Bertz CT molecular complexity index is 249. The van der Waals surface area contributed by atoms with E-state index in [-0.39, 0.29) is 0 Å². The quantitative estimate of drug-likeness (QED) is 0.715. The predicted octanol–water partition coefficient (Wildman–Crippen LogP) is 3.89. The Labute approximate surface area is 113 Å². The molecule has 2 heteroatoms. The molecule has 0 bridgehead atoms. The van der Waals surface area contributed by atoms with Crippen molar-refractivity contribution in [3.8, 4) is 0 Å². The lowest BCUT2D eigenvalue weighted by molar-refractivity contribution is -0.118. The highest BCUT2D eigenvalue weighted by Gasteiger charge is 2.23. The van der Waals surface area contributed by atoms with Gasteiger partial charge in [-0.15, -0.1) is 0 Å². The van der Waals surface area contributed by atoms with E-state index in [1.165, 1.54) is 45.2 Å². The van der Waals surface area contributed by atoms with Crippen LogP contribution in [0.25, 0.3) is 0 Å². The largest absolute Gasteiger partial charge is 0.300 e. The van der Waals surface area contributed by atoms with Gasteiger partial charge in [0.05, 0.1) is 0 Å². The van der Waals surface area contributed by atoms with Crippen molar-refractivity contribution in [2.45, 2.75) is 72.3 Å². The standard InChI is InChI=1S/C16H31NO/c1-13(2)10-14(3)12-17-9-7-5-6-8-16(17)11-15(4)18/h13-14,16H,5-12H2,1-4H3. The second kappa shape index (κ2) is 7.93. The molecule has 18 heavy (non-hydrogen) atoms. The first-order valence-electron chi connectivity index (χ1n) is 7.72. The molecule has 0 aliphatic carbocycles. The number of hydrogen-bond donors (Lipinski definition) is 0. The molecule has 1 fully saturated rings. The highest BCUT2D eigenvalue weighted by molar-refractivity contribution is 5.76. The van der Waals surface area contributed by atoms with Crippen LogP contribution >= 0.6 is 0 Å². The lowest BCUT2D eigenvalue weighted by atomic mass is 9.97. The van der Waals surface area contributed by atoms with E-state index in [2.05, 4.69) is 25.7 Å². The van der Waals surface area contributed by atoms with E-state index in [9.17, 15) is 4.79 Å². The number of ketones is 1. The smallest absolute Gasteiger partial charge is 0.131 e. The Morgan fingerprint density at radius 1 is 1.22 bits per heavy atom. The molecule has 2 unspecified atom stereocenters. The number of Topliss-reactive ketones (excluding diaryl/α,β-unsaturated/α-hetero) is 1. The van der Waals surface area contributed by atoms with Crippen molar-refractivity contribution in [1.29, 1.82) is 0 Å². The summed E-state index contributed by atoms with van der Waals surface area (Å²) >= 11 is 0. The van der Waals surface area contributed by atoms with E-state index in [0.29, 0.717) is 11.8 Å². The van der Waals surface area contributed by atoms with Gasteiger partial charge in [0.2, 0.25) is 0 Å². The Kier molecular flexibility index (Phi) is 6.91. The minimum Gasteiger partial charge on any atom is -0.300 e. The molecule has 0 N–H and O–H groups in total. The first kappa shape index (κ1) is 15.7. The zero-order valence-electron chi connectivity index (χ0n) is 12.7. The molecule has 0 spiro atoms. The third kappa shape index (κ3) is 5.99. The molecule has 1 heterocycles. The lowest BCUT2D eigenvalue weighted by Crippen LogP contribution is -2.39. The topological polar surface area (TPSA) is 20.3 Å². The SMILES string of the molecule is CC(=O)CC1CCCCCN1CC(C)CC(C)C. The van der Waals surface area contributed by atoms with Crippen molar-refractivity contribution in [3.63, 3.8) is 0 Å². The summed E-state index contributed by atoms with van der Waals surface area (Å²) in [6.07, 6.45) is 7.21. The van der Waals surface area contributed by atoms with Crippen molar-refractivity contribution >= 4 is 5.78 Å². The van der Waals surface area contributed by atoms with Crippen LogP contribution in [0.4, 0.5) is 0 Å². The van der Waals surface area contributed by atoms with Gasteiger partial charge in [0.1, 0.15) is 5.78 Å². The van der Waals surface area contributed by atoms with Gasteiger partial charge in [-0.25, -0.2) is 0 Å². The van der Waals surface area contributed by atoms with Crippen molar-refractivity contribution in [2.75, 3.05) is 13.1 Å². The number of rotatable bonds is 6. The number of carbonyl (C=O) groups is 1. The van der Waals surface area contributed by atoms with Crippen LogP contribution in [-0.2, 0) is 4.79 Å². The van der Waals surface area contributed by atoms with Crippen LogP contribution < -0.4 is 0 Å². The van der Waals surface area contributed by atoms with Crippen LogP contribution in [0.15, 0.2) is 0 Å². The van der Waals surface area contributed by atoms with Crippen molar-refractivity contribution in [2.24, 2.45) is 11.8 Å². The Hall–Kier alpha value is -0.370. The first-order chi connectivity index (χ1) is 8.49. The van der Waals surface area contributed by atoms with Crippen LogP contribution in [0.2, 0.25) is 0 Å². The molecule has 0 aromatic carbocycles. The summed E-state index contributed by atoms with van der Waals surface area (Å²) in [5, 5.41) is 0. The number of carbonyl (C=O) groups excluding carboxylic acids is 1. The van der Waals surface area contributed by atoms with E-state index in [0.717, 1.165) is 18.3 Å². The molecule has 2 atom stereocenters. The fourth-order valence-corrected chi connectivity index (χ4v) is 3.32. The first-order valence-corrected chi connectivity index (χ1v) is 7.72. The third-order valence-electron chi connectivity index (χ3n) is 3.94. The molecule has 1 aliphatic rings. The summed E-state index contributed by atoms with van der Waals surface area (Å²) in [5.74, 6) is 1.87. The third-order valence-corrected chi connectivity index (χ3v) is 3.94. The molecule has 2 nitrogen and oxygen atoms in total. The maximum atomic E-state index is 11.4. The fourth-order valence-electron chi connectivity index (χ4n) is 3.32. The molecule has 0 saturated carbocycles. The molecule has 106 valence electrons. The molecule has 0 amide bonds. The zero-order valence-corrected chi connectivity index (χ0v) is 12.7. The molecule has 0 aromatic rings. The van der Waals surface area contributed by atoms with Gasteiger partial charge < -0.3 is 0 Å². The second-order valence-corrected chi connectivity index (χ2v) is 6.64. The average Bonchev–Trinajstić information content (AvgIpc) is 2.42. The number of nitrogens with zero attached hydrogens (tertiary/aromatic N) is 1. The molecule has 0 aromatic heterocycles. The van der Waals surface area contributed by atoms with Crippen molar-refractivity contribution in [3.05, 3.63) is 0 Å². The van der Waals surface area contributed by atoms with E-state index in [4.69, 9.17) is 0 Å². The van der Waals surface area contributed by atoms with E-state index in [1.54, 1.807) is 6.92 Å².